The lowest BCUT2D eigenvalue weighted by Crippen LogP contribution is -2.27. The lowest BCUT2D eigenvalue weighted by Gasteiger charge is -2.17. The van der Waals surface area contributed by atoms with E-state index in [9.17, 15) is 5.11 Å². The van der Waals surface area contributed by atoms with E-state index in [1.165, 1.54) is 0 Å². The smallest absolute Gasteiger partial charge is 0.0938 e. The number of hydrogen-bond donors (Lipinski definition) is 1. The van der Waals surface area contributed by atoms with E-state index in [-0.39, 0.29) is 12.0 Å². The van der Waals surface area contributed by atoms with E-state index in [0.29, 0.717) is 12.5 Å². The fraction of sp³-hybridized carbons (Fsp3) is 0.579. The maximum atomic E-state index is 10.4. The van der Waals surface area contributed by atoms with Gasteiger partial charge in [-0.2, -0.15) is 0 Å². The first-order valence-electron chi connectivity index (χ1n) is 8.09. The molecule has 2 rings (SSSR count). The zero-order valence-electron chi connectivity index (χ0n) is 13.1. The van der Waals surface area contributed by atoms with E-state index in [1.807, 2.05) is 30.3 Å². The van der Waals surface area contributed by atoms with Crippen molar-refractivity contribution < 1.29 is 9.84 Å². The van der Waals surface area contributed by atoms with Crippen molar-refractivity contribution in [1.29, 1.82) is 0 Å². The number of aliphatic hydroxyl groups excluding tert-OH is 1. The molecule has 1 aromatic rings. The SMILES string of the molecule is CCC(C#C[C@@H]1CC[C@@H](OCc2ccccc2)[C@H]1O)CC. The first-order valence-corrected chi connectivity index (χ1v) is 8.09. The Labute approximate surface area is 128 Å². The summed E-state index contributed by atoms with van der Waals surface area (Å²) in [5.74, 6) is 7.14. The van der Waals surface area contributed by atoms with Gasteiger partial charge in [0.2, 0.25) is 0 Å². The molecule has 1 aliphatic rings. The summed E-state index contributed by atoms with van der Waals surface area (Å²) < 4.78 is 5.87. The first-order chi connectivity index (χ1) is 10.2. The van der Waals surface area contributed by atoms with Crippen LogP contribution in [0.1, 0.15) is 45.1 Å². The molecule has 0 aromatic heterocycles. The lowest BCUT2D eigenvalue weighted by molar-refractivity contribution is -0.0343. The third-order valence-electron chi connectivity index (χ3n) is 4.32. The van der Waals surface area contributed by atoms with Crippen molar-refractivity contribution >= 4 is 0 Å². The molecule has 1 saturated carbocycles. The number of ether oxygens (including phenoxy) is 1. The van der Waals surface area contributed by atoms with Crippen LogP contribution >= 0.6 is 0 Å². The fourth-order valence-electron chi connectivity index (χ4n) is 2.78. The molecule has 2 nitrogen and oxygen atoms in total. The summed E-state index contributed by atoms with van der Waals surface area (Å²) >= 11 is 0. The number of hydrogen-bond acceptors (Lipinski definition) is 2. The largest absolute Gasteiger partial charge is 0.389 e. The van der Waals surface area contributed by atoms with Crippen LogP contribution in [0.5, 0.6) is 0 Å². The molecule has 1 aromatic carbocycles. The summed E-state index contributed by atoms with van der Waals surface area (Å²) in [5.41, 5.74) is 1.15. The van der Waals surface area contributed by atoms with Gasteiger partial charge >= 0.3 is 0 Å². The summed E-state index contributed by atoms with van der Waals surface area (Å²) in [7, 11) is 0. The topological polar surface area (TPSA) is 29.5 Å². The van der Waals surface area contributed by atoms with Gasteiger partial charge in [-0.15, -0.1) is 0 Å². The summed E-state index contributed by atoms with van der Waals surface area (Å²) in [4.78, 5) is 0. The van der Waals surface area contributed by atoms with Crippen LogP contribution in [0.3, 0.4) is 0 Å². The standard InChI is InChI=1S/C19H26O2/c1-3-15(4-2)10-11-17-12-13-18(19(17)20)21-14-16-8-6-5-7-9-16/h5-9,15,17-20H,3-4,12-14H2,1-2H3/t17-,18-,19+/m1/s1. The van der Waals surface area contributed by atoms with Crippen molar-refractivity contribution in [2.75, 3.05) is 0 Å². The van der Waals surface area contributed by atoms with Gasteiger partial charge in [0.1, 0.15) is 0 Å². The van der Waals surface area contributed by atoms with Crippen LogP contribution in [0.15, 0.2) is 30.3 Å². The Morgan fingerprint density at radius 1 is 1.19 bits per heavy atom. The Kier molecular flexibility index (Phi) is 6.29. The van der Waals surface area contributed by atoms with Gasteiger partial charge < -0.3 is 9.84 Å². The van der Waals surface area contributed by atoms with E-state index >= 15 is 0 Å². The highest BCUT2D eigenvalue weighted by molar-refractivity contribution is 5.14. The monoisotopic (exact) mass is 286 g/mol. The van der Waals surface area contributed by atoms with Gasteiger partial charge in [-0.3, -0.25) is 0 Å². The molecule has 0 saturated heterocycles. The summed E-state index contributed by atoms with van der Waals surface area (Å²) in [6.45, 7) is 4.90. The molecule has 0 amide bonds. The van der Waals surface area contributed by atoms with Gasteiger partial charge in [-0.1, -0.05) is 56.0 Å². The molecule has 0 aliphatic heterocycles. The number of benzene rings is 1. The minimum absolute atomic E-state index is 0.0753. The van der Waals surface area contributed by atoms with Gasteiger partial charge in [0, 0.05) is 11.8 Å². The zero-order valence-corrected chi connectivity index (χ0v) is 13.1. The minimum Gasteiger partial charge on any atom is -0.389 e. The molecule has 1 aliphatic carbocycles. The van der Waals surface area contributed by atoms with Crippen LogP contribution in [0.25, 0.3) is 0 Å². The highest BCUT2D eigenvalue weighted by atomic mass is 16.5. The molecular weight excluding hydrogens is 260 g/mol. The Bertz CT molecular complexity index is 467. The zero-order chi connectivity index (χ0) is 15.1. The molecule has 0 unspecified atom stereocenters. The van der Waals surface area contributed by atoms with Gasteiger partial charge in [0.25, 0.3) is 0 Å². The number of aliphatic hydroxyl groups is 1. The molecule has 0 radical (unpaired) electrons. The second kappa shape index (κ2) is 8.22. The molecule has 0 bridgehead atoms. The summed E-state index contributed by atoms with van der Waals surface area (Å²) in [5, 5.41) is 10.4. The Hall–Kier alpha value is -1.30. The van der Waals surface area contributed by atoms with Crippen LogP contribution < -0.4 is 0 Å². The summed E-state index contributed by atoms with van der Waals surface area (Å²) in [6.07, 6.45) is 3.48. The molecule has 1 fully saturated rings. The summed E-state index contributed by atoms with van der Waals surface area (Å²) in [6, 6.07) is 10.1. The molecule has 3 atom stereocenters. The van der Waals surface area contributed by atoms with Gasteiger partial charge in [0.15, 0.2) is 0 Å². The Morgan fingerprint density at radius 2 is 1.90 bits per heavy atom. The first kappa shape index (κ1) is 16.1. The van der Waals surface area contributed by atoms with Crippen molar-refractivity contribution in [2.24, 2.45) is 11.8 Å². The second-order valence-electron chi connectivity index (χ2n) is 5.81. The van der Waals surface area contributed by atoms with E-state index in [1.54, 1.807) is 0 Å². The molecule has 0 heterocycles. The predicted molar refractivity (Wildman–Crippen MR) is 85.6 cm³/mol. The van der Waals surface area contributed by atoms with Crippen molar-refractivity contribution in [3.63, 3.8) is 0 Å². The van der Waals surface area contributed by atoms with E-state index < -0.39 is 6.10 Å². The highest BCUT2D eigenvalue weighted by Gasteiger charge is 2.34. The lowest BCUT2D eigenvalue weighted by atomic mass is 10.0. The van der Waals surface area contributed by atoms with Crippen LogP contribution in [-0.4, -0.2) is 17.3 Å². The van der Waals surface area contributed by atoms with Crippen LogP contribution in [0.4, 0.5) is 0 Å². The molecule has 1 N–H and O–H groups in total. The van der Waals surface area contributed by atoms with Gasteiger partial charge in [0.05, 0.1) is 18.8 Å². The number of rotatable bonds is 5. The molecule has 21 heavy (non-hydrogen) atoms. The average Bonchev–Trinajstić information content (AvgIpc) is 2.88. The van der Waals surface area contributed by atoms with Gasteiger partial charge in [-0.05, 0) is 31.2 Å². The Balaban J connectivity index is 1.85. The van der Waals surface area contributed by atoms with Crippen molar-refractivity contribution in [3.8, 4) is 11.8 Å². The molecule has 114 valence electrons. The minimum atomic E-state index is -0.449. The van der Waals surface area contributed by atoms with Crippen LogP contribution in [0, 0.1) is 23.7 Å². The van der Waals surface area contributed by atoms with E-state index in [0.717, 1.165) is 31.2 Å². The molecule has 2 heteroatoms. The van der Waals surface area contributed by atoms with Gasteiger partial charge in [-0.25, -0.2) is 0 Å². The maximum absolute atomic E-state index is 10.4. The van der Waals surface area contributed by atoms with E-state index in [2.05, 4.69) is 25.7 Å². The predicted octanol–water partition coefficient (Wildman–Crippen LogP) is 3.78. The third kappa shape index (κ3) is 4.59. The van der Waals surface area contributed by atoms with Crippen molar-refractivity contribution in [2.45, 2.75) is 58.3 Å². The van der Waals surface area contributed by atoms with E-state index in [4.69, 9.17) is 4.74 Å². The third-order valence-corrected chi connectivity index (χ3v) is 4.32. The highest BCUT2D eigenvalue weighted by Crippen LogP contribution is 2.29. The second-order valence-corrected chi connectivity index (χ2v) is 5.81. The molecule has 0 spiro atoms. The average molecular weight is 286 g/mol. The Morgan fingerprint density at radius 3 is 2.57 bits per heavy atom. The fourth-order valence-corrected chi connectivity index (χ4v) is 2.78. The maximum Gasteiger partial charge on any atom is 0.0938 e. The molecular formula is C19H26O2. The van der Waals surface area contributed by atoms with Crippen LogP contribution in [0.2, 0.25) is 0 Å². The quantitative estimate of drug-likeness (QED) is 0.835. The van der Waals surface area contributed by atoms with Crippen LogP contribution in [-0.2, 0) is 11.3 Å². The van der Waals surface area contributed by atoms with Crippen molar-refractivity contribution in [3.05, 3.63) is 35.9 Å². The normalized spacial score (nSPS) is 24.9. The van der Waals surface area contributed by atoms with Crippen molar-refractivity contribution in [1.82, 2.24) is 0 Å².